The molecule has 1 amide bonds. The molecule has 3 aromatic carbocycles. The van der Waals surface area contributed by atoms with Crippen molar-refractivity contribution in [1.29, 1.82) is 0 Å². The van der Waals surface area contributed by atoms with Crippen molar-refractivity contribution in [3.8, 4) is 11.5 Å². The number of benzene rings is 3. The van der Waals surface area contributed by atoms with E-state index in [1.807, 2.05) is 0 Å². The van der Waals surface area contributed by atoms with Gasteiger partial charge in [0.1, 0.15) is 5.75 Å². The predicted molar refractivity (Wildman–Crippen MR) is 139 cm³/mol. The first-order valence-electron chi connectivity index (χ1n) is 11.9. The van der Waals surface area contributed by atoms with Crippen LogP contribution in [-0.2, 0) is 17.5 Å². The van der Waals surface area contributed by atoms with Crippen LogP contribution in [0.2, 0.25) is 5.02 Å². The molecule has 1 atom stereocenters. The van der Waals surface area contributed by atoms with Crippen molar-refractivity contribution in [3.05, 3.63) is 106 Å². The van der Waals surface area contributed by atoms with E-state index in [1.165, 1.54) is 38.5 Å². The number of nitrogens with zero attached hydrogens (tertiary/aromatic N) is 1. The van der Waals surface area contributed by atoms with E-state index < -0.39 is 35.2 Å². The molecule has 0 bridgehead atoms. The van der Waals surface area contributed by atoms with Crippen LogP contribution in [0.25, 0.3) is 11.0 Å². The zero-order valence-electron chi connectivity index (χ0n) is 21.1. The summed E-state index contributed by atoms with van der Waals surface area (Å²) in [5.41, 5.74) is -0.356. The summed E-state index contributed by atoms with van der Waals surface area (Å²) in [6.45, 7) is -0.316. The number of rotatable bonds is 7. The van der Waals surface area contributed by atoms with Crippen molar-refractivity contribution in [1.82, 2.24) is 4.90 Å². The van der Waals surface area contributed by atoms with Crippen molar-refractivity contribution < 1.29 is 41.8 Å². The molecule has 4 aromatic rings. The highest BCUT2D eigenvalue weighted by Gasteiger charge is 2.45. The number of carbonyl (C=O) groups is 2. The molecule has 1 aliphatic rings. The molecule has 0 spiro atoms. The molecule has 0 radical (unpaired) electrons. The molecule has 0 aliphatic carbocycles. The van der Waals surface area contributed by atoms with Gasteiger partial charge in [0.2, 0.25) is 5.78 Å². The number of hydrogen-bond donors (Lipinski definition) is 1. The van der Waals surface area contributed by atoms with E-state index in [0.717, 1.165) is 17.0 Å². The highest BCUT2D eigenvalue weighted by Crippen LogP contribution is 2.42. The first kappa shape index (κ1) is 27.1. The molecular weight excluding hydrogens is 551 g/mol. The largest absolute Gasteiger partial charge is 0.503 e. The second-order valence-electron chi connectivity index (χ2n) is 9.04. The Morgan fingerprint density at radius 3 is 2.42 bits per heavy atom. The van der Waals surface area contributed by atoms with Gasteiger partial charge in [-0.1, -0.05) is 35.9 Å². The maximum Gasteiger partial charge on any atom is 0.416 e. The molecule has 0 fully saturated rings. The summed E-state index contributed by atoms with van der Waals surface area (Å²) in [6, 6.07) is 14.3. The lowest BCUT2D eigenvalue weighted by molar-refractivity contribution is -0.137. The van der Waals surface area contributed by atoms with Crippen LogP contribution in [0.5, 0.6) is 11.5 Å². The van der Waals surface area contributed by atoms with E-state index in [4.69, 9.17) is 25.5 Å². The molecule has 11 heteroatoms. The third-order valence-corrected chi connectivity index (χ3v) is 6.80. The molecule has 206 valence electrons. The first-order chi connectivity index (χ1) is 19.0. The molecule has 0 saturated carbocycles. The number of ketones is 1. The molecule has 2 heterocycles. The predicted octanol–water partition coefficient (Wildman–Crippen LogP) is 6.90. The van der Waals surface area contributed by atoms with Gasteiger partial charge in [0.25, 0.3) is 5.91 Å². The molecule has 7 nitrogen and oxygen atoms in total. The van der Waals surface area contributed by atoms with E-state index in [2.05, 4.69) is 0 Å². The van der Waals surface area contributed by atoms with Crippen LogP contribution in [0.15, 0.2) is 82.5 Å². The van der Waals surface area contributed by atoms with Gasteiger partial charge in [0, 0.05) is 23.0 Å². The average Bonchev–Trinajstić information content (AvgIpc) is 3.47. The van der Waals surface area contributed by atoms with E-state index >= 15 is 0 Å². The number of ether oxygens (including phenoxy) is 2. The van der Waals surface area contributed by atoms with Gasteiger partial charge in [-0.15, -0.1) is 0 Å². The number of fused-ring (bicyclic) bond motifs is 1. The third kappa shape index (κ3) is 4.86. The van der Waals surface area contributed by atoms with Crippen LogP contribution < -0.4 is 9.47 Å². The summed E-state index contributed by atoms with van der Waals surface area (Å²) >= 11 is 6.14. The fourth-order valence-corrected chi connectivity index (χ4v) is 4.92. The second-order valence-corrected chi connectivity index (χ2v) is 9.47. The highest BCUT2D eigenvalue weighted by atomic mass is 35.5. The van der Waals surface area contributed by atoms with Gasteiger partial charge < -0.3 is 23.9 Å². The van der Waals surface area contributed by atoms with Gasteiger partial charge in [-0.05, 0) is 47.5 Å². The minimum absolute atomic E-state index is 0.159. The van der Waals surface area contributed by atoms with Gasteiger partial charge in [-0.3, -0.25) is 9.59 Å². The molecule has 5 rings (SSSR count). The van der Waals surface area contributed by atoms with E-state index in [0.29, 0.717) is 21.7 Å². The highest BCUT2D eigenvalue weighted by molar-refractivity contribution is 6.31. The third-order valence-electron chi connectivity index (χ3n) is 6.58. The molecule has 1 N–H and O–H groups in total. The van der Waals surface area contributed by atoms with Crippen LogP contribution in [-0.4, -0.2) is 35.9 Å². The number of amides is 1. The van der Waals surface area contributed by atoms with Gasteiger partial charge in [0.05, 0.1) is 31.4 Å². The summed E-state index contributed by atoms with van der Waals surface area (Å²) in [7, 11) is 2.88. The number of aliphatic hydroxyl groups excluding tert-OH is 1. The molecule has 1 aliphatic heterocycles. The minimum Gasteiger partial charge on any atom is -0.503 e. The van der Waals surface area contributed by atoms with Crippen molar-refractivity contribution in [2.45, 2.75) is 18.8 Å². The number of hydrogen-bond acceptors (Lipinski definition) is 6. The standard InChI is InChI=1S/C29H21ClF3NO6/c1-38-20-8-6-16(7-9-20)24-23(25(35)21-12-17-11-19(30)13-22(39-2)27(17)40-21)26(36)28(37)34(24)14-15-4-3-5-18(10-15)29(31,32)33/h3-13,24,36H,14H2,1-2H3. The van der Waals surface area contributed by atoms with Crippen LogP contribution in [0, 0.1) is 0 Å². The quantitative estimate of drug-likeness (QED) is 0.243. The van der Waals surface area contributed by atoms with Gasteiger partial charge in [-0.2, -0.15) is 13.2 Å². The van der Waals surface area contributed by atoms with Gasteiger partial charge >= 0.3 is 6.18 Å². The fourth-order valence-electron chi connectivity index (χ4n) is 4.71. The smallest absolute Gasteiger partial charge is 0.416 e. The Morgan fingerprint density at radius 1 is 1.05 bits per heavy atom. The molecule has 1 unspecified atom stereocenters. The Labute approximate surface area is 231 Å². The number of Topliss-reactive ketones (excluding diaryl/α,β-unsaturated/α-hetero) is 1. The number of aliphatic hydroxyl groups is 1. The van der Waals surface area contributed by atoms with Crippen LogP contribution in [0.4, 0.5) is 13.2 Å². The maximum absolute atomic E-state index is 13.8. The van der Waals surface area contributed by atoms with Crippen LogP contribution >= 0.6 is 11.6 Å². The Balaban J connectivity index is 1.60. The molecular formula is C29H21ClF3NO6. The Hall–Kier alpha value is -4.44. The monoisotopic (exact) mass is 571 g/mol. The zero-order valence-corrected chi connectivity index (χ0v) is 21.8. The lowest BCUT2D eigenvalue weighted by atomic mass is 9.94. The number of alkyl halides is 3. The van der Waals surface area contributed by atoms with Crippen LogP contribution in [0.3, 0.4) is 0 Å². The Bertz CT molecular complexity index is 1660. The second kappa shape index (κ2) is 10.3. The molecule has 40 heavy (non-hydrogen) atoms. The first-order valence-corrected chi connectivity index (χ1v) is 12.3. The van der Waals surface area contributed by atoms with E-state index in [9.17, 15) is 27.9 Å². The lowest BCUT2D eigenvalue weighted by Crippen LogP contribution is -2.30. The molecule has 0 saturated heterocycles. The van der Waals surface area contributed by atoms with Crippen molar-refractivity contribution in [3.63, 3.8) is 0 Å². The summed E-state index contributed by atoms with van der Waals surface area (Å²) in [5.74, 6) is -1.95. The van der Waals surface area contributed by atoms with E-state index in [-0.39, 0.29) is 34.8 Å². The minimum atomic E-state index is -4.59. The summed E-state index contributed by atoms with van der Waals surface area (Å²) < 4.78 is 56.3. The summed E-state index contributed by atoms with van der Waals surface area (Å²) in [5, 5.41) is 11.7. The number of furan rings is 1. The number of carbonyl (C=O) groups excluding carboxylic acids is 2. The van der Waals surface area contributed by atoms with Crippen LogP contribution in [0.1, 0.15) is 33.3 Å². The topological polar surface area (TPSA) is 89.2 Å². The van der Waals surface area contributed by atoms with Gasteiger partial charge in [-0.25, -0.2) is 0 Å². The fraction of sp³-hybridized carbons (Fsp3) is 0.172. The SMILES string of the molecule is COc1ccc(C2C(C(=O)c3cc4cc(Cl)cc(OC)c4o3)=C(O)C(=O)N2Cc2cccc(C(F)(F)F)c2)cc1. The zero-order chi connectivity index (χ0) is 28.8. The van der Waals surface area contributed by atoms with Crippen molar-refractivity contribution in [2.24, 2.45) is 0 Å². The van der Waals surface area contributed by atoms with Crippen molar-refractivity contribution in [2.75, 3.05) is 14.2 Å². The summed E-state index contributed by atoms with van der Waals surface area (Å²) in [6.07, 6.45) is -4.59. The Kier molecular flexibility index (Phi) is 6.97. The normalized spacial score (nSPS) is 15.7. The molecule has 1 aromatic heterocycles. The number of methoxy groups -OCH3 is 2. The lowest BCUT2D eigenvalue weighted by Gasteiger charge is -2.27. The average molecular weight is 572 g/mol. The van der Waals surface area contributed by atoms with Crippen molar-refractivity contribution >= 4 is 34.3 Å². The number of halogens is 4. The summed E-state index contributed by atoms with van der Waals surface area (Å²) in [4.78, 5) is 28.3. The van der Waals surface area contributed by atoms with E-state index in [1.54, 1.807) is 30.3 Å². The Morgan fingerprint density at radius 2 is 1.77 bits per heavy atom. The maximum atomic E-state index is 13.8. The van der Waals surface area contributed by atoms with Gasteiger partial charge in [0.15, 0.2) is 22.9 Å².